The van der Waals surface area contributed by atoms with Gasteiger partial charge in [0, 0.05) is 12.6 Å². The fraction of sp³-hybridized carbons (Fsp3) is 0.583. The Morgan fingerprint density at radius 3 is 2.82 bits per heavy atom. The number of rotatable bonds is 5. The van der Waals surface area contributed by atoms with Gasteiger partial charge in [0.1, 0.15) is 5.82 Å². The van der Waals surface area contributed by atoms with Crippen LogP contribution in [0.25, 0.3) is 0 Å². The van der Waals surface area contributed by atoms with Crippen LogP contribution in [0.4, 0.5) is 11.5 Å². The summed E-state index contributed by atoms with van der Waals surface area (Å²) in [5.74, 6) is 1.28. The van der Waals surface area contributed by atoms with Crippen LogP contribution in [-0.4, -0.2) is 36.4 Å². The molecule has 0 spiro atoms. The number of hydrogen-bond acceptors (Lipinski definition) is 5. The molecule has 0 aromatic carbocycles. The molecule has 0 amide bonds. The summed E-state index contributed by atoms with van der Waals surface area (Å²) in [6.07, 6.45) is 3.57. The molecule has 1 heterocycles. The Labute approximate surface area is 101 Å². The molecule has 2 rings (SSSR count). The Bertz CT molecular complexity index is 380. The topological polar surface area (TPSA) is 71.6 Å². The molecule has 5 nitrogen and oxygen atoms in total. The van der Waals surface area contributed by atoms with Crippen LogP contribution in [0.2, 0.25) is 0 Å². The van der Waals surface area contributed by atoms with Crippen molar-refractivity contribution in [2.75, 3.05) is 30.9 Å². The largest absolute Gasteiger partial charge is 0.479 e. The highest BCUT2D eigenvalue weighted by atomic mass is 16.5. The molecule has 0 atom stereocenters. The number of hydrogen-bond donors (Lipinski definition) is 2. The number of aromatic nitrogens is 1. The highest BCUT2D eigenvalue weighted by Gasteiger charge is 2.26. The van der Waals surface area contributed by atoms with E-state index >= 15 is 0 Å². The normalized spacial score (nSPS) is 15.4. The van der Waals surface area contributed by atoms with Crippen molar-refractivity contribution < 1.29 is 9.84 Å². The van der Waals surface area contributed by atoms with Crippen LogP contribution in [0.15, 0.2) is 12.1 Å². The Morgan fingerprint density at radius 2 is 2.29 bits per heavy atom. The highest BCUT2D eigenvalue weighted by Crippen LogP contribution is 2.30. The van der Waals surface area contributed by atoms with Gasteiger partial charge in [0.2, 0.25) is 5.88 Å². The summed E-state index contributed by atoms with van der Waals surface area (Å²) in [5.41, 5.74) is 6.28. The molecule has 1 fully saturated rings. The number of pyridine rings is 1. The molecule has 1 aromatic rings. The van der Waals surface area contributed by atoms with Crippen molar-refractivity contribution >= 4 is 11.5 Å². The molecule has 17 heavy (non-hydrogen) atoms. The zero-order chi connectivity index (χ0) is 12.3. The monoisotopic (exact) mass is 237 g/mol. The predicted molar refractivity (Wildman–Crippen MR) is 67.3 cm³/mol. The van der Waals surface area contributed by atoms with Crippen LogP contribution < -0.4 is 15.4 Å². The first-order valence-corrected chi connectivity index (χ1v) is 5.94. The molecular weight excluding hydrogens is 218 g/mol. The van der Waals surface area contributed by atoms with Gasteiger partial charge in [-0.25, -0.2) is 0 Å². The number of anilines is 2. The van der Waals surface area contributed by atoms with Crippen molar-refractivity contribution in [2.45, 2.75) is 25.3 Å². The quantitative estimate of drug-likeness (QED) is 0.800. The lowest BCUT2D eigenvalue weighted by atomic mass is 9.91. The molecule has 94 valence electrons. The van der Waals surface area contributed by atoms with Crippen LogP contribution in [-0.2, 0) is 0 Å². The molecule has 1 aromatic heterocycles. The number of methoxy groups -OCH3 is 1. The second kappa shape index (κ2) is 5.23. The van der Waals surface area contributed by atoms with Crippen molar-refractivity contribution in [3.05, 3.63) is 12.1 Å². The van der Waals surface area contributed by atoms with E-state index < -0.39 is 0 Å². The van der Waals surface area contributed by atoms with Gasteiger partial charge in [-0.15, -0.1) is 0 Å². The van der Waals surface area contributed by atoms with Crippen molar-refractivity contribution in [2.24, 2.45) is 0 Å². The van der Waals surface area contributed by atoms with Crippen LogP contribution in [0, 0.1) is 0 Å². The van der Waals surface area contributed by atoms with E-state index in [0.29, 0.717) is 24.2 Å². The van der Waals surface area contributed by atoms with Gasteiger partial charge in [-0.1, -0.05) is 0 Å². The van der Waals surface area contributed by atoms with Crippen molar-refractivity contribution in [1.82, 2.24) is 4.98 Å². The zero-order valence-corrected chi connectivity index (χ0v) is 10.1. The van der Waals surface area contributed by atoms with Crippen molar-refractivity contribution in [3.63, 3.8) is 0 Å². The Hall–Kier alpha value is -1.49. The second-order valence-electron chi connectivity index (χ2n) is 4.27. The minimum absolute atomic E-state index is 0.130. The third kappa shape index (κ3) is 2.44. The zero-order valence-electron chi connectivity index (χ0n) is 10.1. The second-order valence-corrected chi connectivity index (χ2v) is 4.27. The van der Waals surface area contributed by atoms with E-state index in [9.17, 15) is 0 Å². The summed E-state index contributed by atoms with van der Waals surface area (Å²) >= 11 is 0. The summed E-state index contributed by atoms with van der Waals surface area (Å²) in [6, 6.07) is 4.17. The van der Waals surface area contributed by atoms with Gasteiger partial charge in [0.25, 0.3) is 0 Å². The van der Waals surface area contributed by atoms with E-state index in [1.165, 1.54) is 6.42 Å². The van der Waals surface area contributed by atoms with E-state index in [1.807, 2.05) is 6.07 Å². The average molecular weight is 237 g/mol. The smallest absolute Gasteiger partial charge is 0.238 e. The maximum absolute atomic E-state index is 9.12. The number of nitrogens with zero attached hydrogens (tertiary/aromatic N) is 2. The Balaban J connectivity index is 2.22. The molecule has 0 bridgehead atoms. The van der Waals surface area contributed by atoms with E-state index in [0.717, 1.165) is 18.7 Å². The summed E-state index contributed by atoms with van der Waals surface area (Å²) in [5, 5.41) is 9.12. The standard InChI is InChI=1S/C12H19N3O2/c1-17-12-10(13)5-6-11(14-12)15(7-8-16)9-3-2-4-9/h5-6,9,16H,2-4,7-8,13H2,1H3. The molecule has 5 heteroatoms. The third-order valence-electron chi connectivity index (χ3n) is 3.22. The number of nitrogens with two attached hydrogens (primary N) is 1. The minimum atomic E-state index is 0.130. The Kier molecular flexibility index (Phi) is 3.68. The van der Waals surface area contributed by atoms with E-state index in [2.05, 4.69) is 9.88 Å². The lowest BCUT2D eigenvalue weighted by molar-refractivity contribution is 0.282. The van der Waals surface area contributed by atoms with Crippen LogP contribution in [0.3, 0.4) is 0 Å². The number of ether oxygens (including phenoxy) is 1. The first-order valence-electron chi connectivity index (χ1n) is 5.94. The first kappa shape index (κ1) is 12.0. The van der Waals surface area contributed by atoms with Gasteiger partial charge in [0.05, 0.1) is 19.4 Å². The van der Waals surface area contributed by atoms with Gasteiger partial charge >= 0.3 is 0 Å². The van der Waals surface area contributed by atoms with Gasteiger partial charge in [0.15, 0.2) is 0 Å². The average Bonchev–Trinajstić information content (AvgIpc) is 2.27. The highest BCUT2D eigenvalue weighted by molar-refractivity contribution is 5.55. The molecule has 0 radical (unpaired) electrons. The first-order chi connectivity index (χ1) is 8.26. The SMILES string of the molecule is COc1nc(N(CCO)C2CCC2)ccc1N. The number of aliphatic hydroxyl groups is 1. The molecule has 1 aliphatic carbocycles. The van der Waals surface area contributed by atoms with Crippen LogP contribution in [0.5, 0.6) is 5.88 Å². The molecule has 0 saturated heterocycles. The molecule has 0 unspecified atom stereocenters. The molecule has 1 saturated carbocycles. The Morgan fingerprint density at radius 1 is 1.53 bits per heavy atom. The fourth-order valence-electron chi connectivity index (χ4n) is 2.06. The van der Waals surface area contributed by atoms with Gasteiger partial charge in [-0.2, -0.15) is 4.98 Å². The van der Waals surface area contributed by atoms with Gasteiger partial charge < -0.3 is 20.5 Å². The summed E-state index contributed by atoms with van der Waals surface area (Å²) in [6.45, 7) is 0.732. The molecule has 0 aliphatic heterocycles. The van der Waals surface area contributed by atoms with Gasteiger partial charge in [-0.05, 0) is 31.4 Å². The maximum atomic E-state index is 9.12. The predicted octanol–water partition coefficient (Wildman–Crippen LogP) is 1.02. The van der Waals surface area contributed by atoms with Crippen molar-refractivity contribution in [1.29, 1.82) is 0 Å². The van der Waals surface area contributed by atoms with E-state index in [-0.39, 0.29) is 6.61 Å². The molecular formula is C12H19N3O2. The molecule has 3 N–H and O–H groups in total. The third-order valence-corrected chi connectivity index (χ3v) is 3.22. The fourth-order valence-corrected chi connectivity index (χ4v) is 2.06. The minimum Gasteiger partial charge on any atom is -0.479 e. The van der Waals surface area contributed by atoms with E-state index in [1.54, 1.807) is 13.2 Å². The number of nitrogen functional groups attached to an aromatic ring is 1. The van der Waals surface area contributed by atoms with E-state index in [4.69, 9.17) is 15.6 Å². The summed E-state index contributed by atoms with van der Waals surface area (Å²) in [4.78, 5) is 6.51. The maximum Gasteiger partial charge on any atom is 0.238 e. The lowest BCUT2D eigenvalue weighted by Gasteiger charge is -2.38. The number of aliphatic hydroxyl groups excluding tert-OH is 1. The van der Waals surface area contributed by atoms with Crippen LogP contribution >= 0.6 is 0 Å². The summed E-state index contributed by atoms with van der Waals surface area (Å²) in [7, 11) is 1.56. The molecule has 1 aliphatic rings. The lowest BCUT2D eigenvalue weighted by Crippen LogP contribution is -2.42. The van der Waals surface area contributed by atoms with Crippen LogP contribution in [0.1, 0.15) is 19.3 Å². The van der Waals surface area contributed by atoms with Crippen molar-refractivity contribution in [3.8, 4) is 5.88 Å². The summed E-state index contributed by atoms with van der Waals surface area (Å²) < 4.78 is 5.12. The van der Waals surface area contributed by atoms with Gasteiger partial charge in [-0.3, -0.25) is 0 Å².